The van der Waals surface area contributed by atoms with Crippen molar-refractivity contribution < 1.29 is 23.9 Å². The molecule has 1 heterocycles. The van der Waals surface area contributed by atoms with Gasteiger partial charge in [0.2, 0.25) is 5.91 Å². The van der Waals surface area contributed by atoms with Crippen LogP contribution in [0.3, 0.4) is 0 Å². The van der Waals surface area contributed by atoms with Gasteiger partial charge in [0.25, 0.3) is 5.91 Å². The summed E-state index contributed by atoms with van der Waals surface area (Å²) in [4.78, 5) is 36.1. The first kappa shape index (κ1) is 15.4. The number of amides is 2. The maximum Gasteiger partial charge on any atom is 0.305 e. The molecule has 2 rings (SSSR count). The second-order valence-electron chi connectivity index (χ2n) is 4.50. The number of carboxylic acids is 1. The molecule has 1 aromatic carbocycles. The fourth-order valence-corrected chi connectivity index (χ4v) is 2.52. The highest BCUT2D eigenvalue weighted by Crippen LogP contribution is 2.22. The molecule has 0 bridgehead atoms. The minimum absolute atomic E-state index is 0.129. The molecular weight excluding hydrogens is 347 g/mol. The molecule has 2 amide bonds. The van der Waals surface area contributed by atoms with Gasteiger partial charge in [0, 0.05) is 13.1 Å². The highest BCUT2D eigenvalue weighted by atomic mass is 79.9. The summed E-state index contributed by atoms with van der Waals surface area (Å²) in [5.74, 6) is -3.19. The lowest BCUT2D eigenvalue weighted by Crippen LogP contribution is -2.57. The predicted molar refractivity (Wildman–Crippen MR) is 74.2 cm³/mol. The van der Waals surface area contributed by atoms with Gasteiger partial charge in [-0.25, -0.2) is 4.39 Å². The highest BCUT2D eigenvalue weighted by molar-refractivity contribution is 9.10. The number of carbonyl (C=O) groups excluding carboxylic acids is 2. The summed E-state index contributed by atoms with van der Waals surface area (Å²) in [6.45, 7) is 0.338. The van der Waals surface area contributed by atoms with E-state index in [0.29, 0.717) is 0 Å². The monoisotopic (exact) mass is 358 g/mol. The van der Waals surface area contributed by atoms with E-state index in [1.807, 2.05) is 0 Å². The maximum absolute atomic E-state index is 14.0. The summed E-state index contributed by atoms with van der Waals surface area (Å²) in [6.07, 6.45) is -0.521. The van der Waals surface area contributed by atoms with Gasteiger partial charge in [0.1, 0.15) is 11.9 Å². The average molecular weight is 359 g/mol. The number of benzene rings is 1. The van der Waals surface area contributed by atoms with Crippen LogP contribution >= 0.6 is 15.9 Å². The largest absolute Gasteiger partial charge is 0.481 e. The Bertz CT molecular complexity index is 608. The Morgan fingerprint density at radius 1 is 1.48 bits per heavy atom. The lowest BCUT2D eigenvalue weighted by molar-refractivity contribution is -0.142. The van der Waals surface area contributed by atoms with E-state index in [4.69, 9.17) is 5.11 Å². The molecule has 6 nitrogen and oxygen atoms in total. The van der Waals surface area contributed by atoms with Crippen molar-refractivity contribution in [3.05, 3.63) is 34.1 Å². The molecule has 1 unspecified atom stereocenters. The molecule has 2 N–H and O–H groups in total. The number of aliphatic carboxylic acids is 1. The van der Waals surface area contributed by atoms with E-state index in [-0.39, 0.29) is 23.1 Å². The van der Waals surface area contributed by atoms with Gasteiger partial charge >= 0.3 is 5.97 Å². The average Bonchev–Trinajstić information content (AvgIpc) is 2.43. The molecule has 1 aliphatic heterocycles. The van der Waals surface area contributed by atoms with Gasteiger partial charge in [0.05, 0.1) is 16.5 Å². The van der Waals surface area contributed by atoms with Gasteiger partial charge in [-0.3, -0.25) is 14.4 Å². The third-order valence-electron chi connectivity index (χ3n) is 3.14. The van der Waals surface area contributed by atoms with Crippen LogP contribution in [0.5, 0.6) is 0 Å². The van der Waals surface area contributed by atoms with Crippen LogP contribution in [-0.4, -0.2) is 46.9 Å². The number of carbonyl (C=O) groups is 3. The molecule has 0 aromatic heterocycles. The number of hydrogen-bond donors (Lipinski definition) is 2. The van der Waals surface area contributed by atoms with Crippen LogP contribution in [0.4, 0.5) is 4.39 Å². The van der Waals surface area contributed by atoms with Gasteiger partial charge in [0.15, 0.2) is 0 Å². The van der Waals surface area contributed by atoms with Gasteiger partial charge in [-0.1, -0.05) is 6.07 Å². The zero-order valence-corrected chi connectivity index (χ0v) is 12.4. The molecule has 0 saturated carbocycles. The molecule has 1 aliphatic rings. The molecule has 1 aromatic rings. The zero-order chi connectivity index (χ0) is 15.6. The second-order valence-corrected chi connectivity index (χ2v) is 5.36. The first-order valence-electron chi connectivity index (χ1n) is 6.16. The molecular formula is C13H12BrFN2O4. The molecule has 1 fully saturated rings. The standard InChI is InChI=1S/C13H12BrFN2O4/c14-8-3-1-2-7(11(8)15)13(21)17-5-4-16-12(20)9(17)6-10(18)19/h1-3,9H,4-6H2,(H,16,20)(H,18,19). The van der Waals surface area contributed by atoms with Crippen LogP contribution in [-0.2, 0) is 9.59 Å². The molecule has 21 heavy (non-hydrogen) atoms. The zero-order valence-electron chi connectivity index (χ0n) is 10.8. The van der Waals surface area contributed by atoms with Crippen molar-refractivity contribution in [1.82, 2.24) is 10.2 Å². The van der Waals surface area contributed by atoms with Crippen molar-refractivity contribution in [3.63, 3.8) is 0 Å². The number of rotatable bonds is 3. The minimum Gasteiger partial charge on any atom is -0.481 e. The van der Waals surface area contributed by atoms with Crippen LogP contribution in [0.25, 0.3) is 0 Å². The fourth-order valence-electron chi connectivity index (χ4n) is 2.15. The van der Waals surface area contributed by atoms with Gasteiger partial charge < -0.3 is 15.3 Å². The summed E-state index contributed by atoms with van der Waals surface area (Å²) in [6, 6.07) is 3.11. The van der Waals surface area contributed by atoms with Crippen LogP contribution in [0.15, 0.2) is 22.7 Å². The third-order valence-corrected chi connectivity index (χ3v) is 3.75. The first-order valence-corrected chi connectivity index (χ1v) is 6.95. The first-order chi connectivity index (χ1) is 9.91. The summed E-state index contributed by atoms with van der Waals surface area (Å²) in [5.41, 5.74) is -0.200. The summed E-state index contributed by atoms with van der Waals surface area (Å²) < 4.78 is 14.1. The van der Waals surface area contributed by atoms with E-state index in [1.54, 1.807) is 0 Å². The van der Waals surface area contributed by atoms with Crippen LogP contribution < -0.4 is 5.32 Å². The van der Waals surface area contributed by atoms with E-state index >= 15 is 0 Å². The topological polar surface area (TPSA) is 86.7 Å². The third kappa shape index (κ3) is 3.21. The van der Waals surface area contributed by atoms with Crippen molar-refractivity contribution >= 4 is 33.7 Å². The number of nitrogens with zero attached hydrogens (tertiary/aromatic N) is 1. The highest BCUT2D eigenvalue weighted by Gasteiger charge is 2.36. The number of piperazine rings is 1. The Kier molecular flexibility index (Phi) is 4.56. The molecule has 1 atom stereocenters. The van der Waals surface area contributed by atoms with Crippen molar-refractivity contribution in [2.45, 2.75) is 12.5 Å². The minimum atomic E-state index is -1.20. The Balaban J connectivity index is 2.32. The van der Waals surface area contributed by atoms with Gasteiger partial charge in [-0.05, 0) is 28.1 Å². The summed E-state index contributed by atoms with van der Waals surface area (Å²) >= 11 is 2.99. The van der Waals surface area contributed by atoms with Crippen LogP contribution in [0.2, 0.25) is 0 Å². The lowest BCUT2D eigenvalue weighted by atomic mass is 10.1. The van der Waals surface area contributed by atoms with E-state index in [9.17, 15) is 18.8 Å². The van der Waals surface area contributed by atoms with Crippen LogP contribution in [0.1, 0.15) is 16.8 Å². The molecule has 0 aliphatic carbocycles. The summed E-state index contributed by atoms with van der Waals surface area (Å²) in [7, 11) is 0. The van der Waals surface area contributed by atoms with E-state index in [2.05, 4.69) is 21.2 Å². The van der Waals surface area contributed by atoms with Crippen LogP contribution in [0, 0.1) is 5.82 Å². The number of halogens is 2. The molecule has 112 valence electrons. The lowest BCUT2D eigenvalue weighted by Gasteiger charge is -2.34. The van der Waals surface area contributed by atoms with Gasteiger partial charge in [-0.15, -0.1) is 0 Å². The van der Waals surface area contributed by atoms with Crippen molar-refractivity contribution in [2.75, 3.05) is 13.1 Å². The Morgan fingerprint density at radius 3 is 2.86 bits per heavy atom. The normalized spacial score (nSPS) is 18.3. The molecule has 8 heteroatoms. The number of carboxylic acid groups (broad SMARTS) is 1. The van der Waals surface area contributed by atoms with E-state index in [0.717, 1.165) is 4.90 Å². The fraction of sp³-hybridized carbons (Fsp3) is 0.308. The van der Waals surface area contributed by atoms with Gasteiger partial charge in [-0.2, -0.15) is 0 Å². The Labute approximate surface area is 128 Å². The maximum atomic E-state index is 14.0. The van der Waals surface area contributed by atoms with Crippen molar-refractivity contribution in [2.24, 2.45) is 0 Å². The Hall–Kier alpha value is -1.96. The predicted octanol–water partition coefficient (Wildman–Crippen LogP) is 1.00. The SMILES string of the molecule is O=C(O)CC1C(=O)NCCN1C(=O)c1cccc(Br)c1F. The smallest absolute Gasteiger partial charge is 0.305 e. The number of nitrogens with one attached hydrogen (secondary N) is 1. The summed E-state index contributed by atoms with van der Waals surface area (Å²) in [5, 5.41) is 11.4. The Morgan fingerprint density at radius 2 is 2.19 bits per heavy atom. The quantitative estimate of drug-likeness (QED) is 0.843. The molecule has 0 spiro atoms. The second kappa shape index (κ2) is 6.21. The number of hydrogen-bond acceptors (Lipinski definition) is 3. The van der Waals surface area contributed by atoms with E-state index < -0.39 is 36.1 Å². The molecule has 0 radical (unpaired) electrons. The molecule has 1 saturated heterocycles. The van der Waals surface area contributed by atoms with E-state index in [1.165, 1.54) is 18.2 Å². The van der Waals surface area contributed by atoms with Crippen molar-refractivity contribution in [3.8, 4) is 0 Å². The van der Waals surface area contributed by atoms with Crippen molar-refractivity contribution in [1.29, 1.82) is 0 Å².